The molecule has 7 heteroatoms. The topological polar surface area (TPSA) is 87.9 Å². The van der Waals surface area contributed by atoms with E-state index in [1.54, 1.807) is 29.1 Å². The number of aliphatic hydroxyl groups excluding tert-OH is 1. The van der Waals surface area contributed by atoms with Crippen LogP contribution in [0.3, 0.4) is 0 Å². The Morgan fingerprint density at radius 1 is 1.42 bits per heavy atom. The Labute approximate surface area is 153 Å². The zero-order chi connectivity index (χ0) is 19.4. The lowest BCUT2D eigenvalue weighted by molar-refractivity contribution is -0.152. The van der Waals surface area contributed by atoms with Crippen molar-refractivity contribution in [3.05, 3.63) is 59.5 Å². The predicted octanol–water partition coefficient (Wildman–Crippen LogP) is 1.94. The van der Waals surface area contributed by atoms with Crippen LogP contribution in [0.1, 0.15) is 25.0 Å². The maximum absolute atomic E-state index is 12.8. The van der Waals surface area contributed by atoms with E-state index in [0.29, 0.717) is 12.1 Å². The van der Waals surface area contributed by atoms with Crippen molar-refractivity contribution in [2.24, 2.45) is 0 Å². The molecule has 136 valence electrons. The van der Waals surface area contributed by atoms with E-state index in [-0.39, 0.29) is 18.4 Å². The first kappa shape index (κ1) is 19.2. The minimum Gasteiger partial charge on any atom is -0.503 e. The molecule has 1 aromatic carbocycles. The number of hydrogen-bond acceptors (Lipinski definition) is 6. The summed E-state index contributed by atoms with van der Waals surface area (Å²) in [7, 11) is 1.60. The lowest BCUT2D eigenvalue weighted by Gasteiger charge is -2.45. The summed E-state index contributed by atoms with van der Waals surface area (Å²) in [6, 6.07) is 9.19. The Morgan fingerprint density at radius 3 is 2.65 bits per heavy atom. The molecular weight excluding hydrogens is 332 g/mol. The molecule has 2 rings (SSSR count). The molecule has 26 heavy (non-hydrogen) atoms. The number of hydrogen-bond donors (Lipinski definition) is 1. The van der Waals surface area contributed by atoms with E-state index < -0.39 is 17.4 Å². The maximum atomic E-state index is 12.8. The number of allylic oxidation sites excluding steroid dienone is 1. The fraction of sp³-hybridized carbons (Fsp3) is 0.316. The van der Waals surface area contributed by atoms with Crippen LogP contribution in [0, 0.1) is 11.3 Å². The van der Waals surface area contributed by atoms with Gasteiger partial charge in [-0.2, -0.15) is 10.3 Å². The summed E-state index contributed by atoms with van der Waals surface area (Å²) in [5.41, 5.74) is 1.21. The molecule has 0 unspecified atom stereocenters. The van der Waals surface area contributed by atoms with Crippen LogP contribution in [0.4, 0.5) is 0 Å². The average molecular weight is 354 g/mol. The van der Waals surface area contributed by atoms with Crippen LogP contribution in [-0.4, -0.2) is 51.5 Å². The van der Waals surface area contributed by atoms with Crippen molar-refractivity contribution in [3.63, 3.8) is 0 Å². The number of nitriles is 1. The second-order valence-electron chi connectivity index (χ2n) is 6.23. The fourth-order valence-corrected chi connectivity index (χ4v) is 2.74. The number of aliphatic hydroxyl groups is 1. The third kappa shape index (κ3) is 3.60. The number of carbonyl (C=O) groups excluding carboxylic acids is 2. The molecule has 0 aliphatic carbocycles. The van der Waals surface area contributed by atoms with E-state index in [4.69, 9.17) is 0 Å². The molecule has 1 heterocycles. The van der Waals surface area contributed by atoms with Crippen molar-refractivity contribution in [2.75, 3.05) is 13.7 Å². The summed E-state index contributed by atoms with van der Waals surface area (Å²) in [6.07, 6.45) is 0.965. The number of ketones is 1. The summed E-state index contributed by atoms with van der Waals surface area (Å²) in [6.45, 7) is 7.68. The Bertz CT molecular complexity index is 807. The van der Waals surface area contributed by atoms with Gasteiger partial charge in [-0.1, -0.05) is 24.8 Å². The SMILES string of the molecule is C=CC(=O)/C(O)=C1/C(=O)N(C(C)C)CN(Cc2ccccc2C#N)N1C. The van der Waals surface area contributed by atoms with Crippen LogP contribution in [0.2, 0.25) is 0 Å². The van der Waals surface area contributed by atoms with Crippen molar-refractivity contribution >= 4 is 11.7 Å². The fourth-order valence-electron chi connectivity index (χ4n) is 2.74. The highest BCUT2D eigenvalue weighted by molar-refractivity contribution is 6.08. The van der Waals surface area contributed by atoms with Crippen molar-refractivity contribution in [3.8, 4) is 6.07 Å². The first-order chi connectivity index (χ1) is 12.3. The Balaban J connectivity index is 2.47. The number of hydrazine groups is 1. The van der Waals surface area contributed by atoms with Gasteiger partial charge in [-0.25, -0.2) is 0 Å². The molecule has 1 aliphatic rings. The highest BCUT2D eigenvalue weighted by Crippen LogP contribution is 2.24. The van der Waals surface area contributed by atoms with Gasteiger partial charge in [0.15, 0.2) is 11.5 Å². The average Bonchev–Trinajstić information content (AvgIpc) is 2.63. The van der Waals surface area contributed by atoms with Gasteiger partial charge >= 0.3 is 0 Å². The van der Waals surface area contributed by atoms with E-state index in [2.05, 4.69) is 12.6 Å². The van der Waals surface area contributed by atoms with Crippen LogP contribution in [0.15, 0.2) is 48.4 Å². The van der Waals surface area contributed by atoms with Crippen molar-refractivity contribution in [1.29, 1.82) is 5.26 Å². The number of benzene rings is 1. The zero-order valence-corrected chi connectivity index (χ0v) is 15.1. The van der Waals surface area contributed by atoms with Crippen LogP contribution in [0.25, 0.3) is 0 Å². The molecule has 1 fully saturated rings. The monoisotopic (exact) mass is 354 g/mol. The van der Waals surface area contributed by atoms with E-state index in [0.717, 1.165) is 11.6 Å². The van der Waals surface area contributed by atoms with Gasteiger partial charge in [0.05, 0.1) is 18.3 Å². The normalized spacial score (nSPS) is 17.3. The van der Waals surface area contributed by atoms with Gasteiger partial charge in [0.1, 0.15) is 0 Å². The summed E-state index contributed by atoms with van der Waals surface area (Å²) in [5.74, 6) is -1.79. The molecule has 1 N–H and O–H groups in total. The maximum Gasteiger partial charge on any atom is 0.276 e. The van der Waals surface area contributed by atoms with Gasteiger partial charge in [-0.15, -0.1) is 0 Å². The van der Waals surface area contributed by atoms with Crippen molar-refractivity contribution in [2.45, 2.75) is 26.4 Å². The molecule has 0 bridgehead atoms. The Morgan fingerprint density at radius 2 is 2.08 bits per heavy atom. The standard InChI is InChI=1S/C19H22N4O3/c1-5-16(24)18(25)17-19(26)23(13(2)3)12-22(21(17)4)11-15-9-7-6-8-14(15)10-20/h5-9,13,25H,1,11-12H2,2-4H3/b18-17+. The summed E-state index contributed by atoms with van der Waals surface area (Å²) in [4.78, 5) is 26.2. The van der Waals surface area contributed by atoms with Crippen LogP contribution >= 0.6 is 0 Å². The van der Waals surface area contributed by atoms with Gasteiger partial charge in [-0.05, 0) is 31.6 Å². The zero-order valence-electron chi connectivity index (χ0n) is 15.1. The second-order valence-corrected chi connectivity index (χ2v) is 6.23. The number of nitrogens with zero attached hydrogens (tertiary/aromatic N) is 4. The molecule has 0 radical (unpaired) electrons. The van der Waals surface area contributed by atoms with Gasteiger partial charge in [0.2, 0.25) is 5.78 Å². The van der Waals surface area contributed by atoms with Gasteiger partial charge in [-0.3, -0.25) is 14.6 Å². The van der Waals surface area contributed by atoms with E-state index in [9.17, 15) is 20.0 Å². The third-order valence-corrected chi connectivity index (χ3v) is 4.28. The van der Waals surface area contributed by atoms with Crippen LogP contribution < -0.4 is 0 Å². The lowest BCUT2D eigenvalue weighted by atomic mass is 10.1. The quantitative estimate of drug-likeness (QED) is 0.642. The molecule has 1 aromatic rings. The van der Waals surface area contributed by atoms with Gasteiger partial charge in [0, 0.05) is 19.6 Å². The van der Waals surface area contributed by atoms with Crippen LogP contribution in [0.5, 0.6) is 0 Å². The van der Waals surface area contributed by atoms with Crippen molar-refractivity contribution in [1.82, 2.24) is 14.9 Å². The first-order valence-corrected chi connectivity index (χ1v) is 8.19. The molecule has 0 spiro atoms. The van der Waals surface area contributed by atoms with E-state index in [1.807, 2.05) is 26.0 Å². The Hall–Kier alpha value is -3.11. The summed E-state index contributed by atoms with van der Waals surface area (Å²) < 4.78 is 0. The minimum atomic E-state index is -0.719. The first-order valence-electron chi connectivity index (χ1n) is 8.19. The van der Waals surface area contributed by atoms with E-state index >= 15 is 0 Å². The largest absolute Gasteiger partial charge is 0.503 e. The number of likely N-dealkylation sites (N-methyl/N-ethyl adjacent to an activating group) is 1. The summed E-state index contributed by atoms with van der Waals surface area (Å²) in [5, 5.41) is 22.8. The smallest absolute Gasteiger partial charge is 0.276 e. The third-order valence-electron chi connectivity index (χ3n) is 4.28. The molecule has 0 saturated carbocycles. The van der Waals surface area contributed by atoms with Gasteiger partial charge < -0.3 is 10.0 Å². The second kappa shape index (κ2) is 7.85. The lowest BCUT2D eigenvalue weighted by Crippen LogP contribution is -2.58. The Kier molecular flexibility index (Phi) is 5.80. The predicted molar refractivity (Wildman–Crippen MR) is 96.2 cm³/mol. The minimum absolute atomic E-state index is 0.107. The van der Waals surface area contributed by atoms with E-state index in [1.165, 1.54) is 5.01 Å². The molecule has 0 atom stereocenters. The molecule has 7 nitrogen and oxygen atoms in total. The molecule has 0 aromatic heterocycles. The highest BCUT2D eigenvalue weighted by atomic mass is 16.3. The van der Waals surface area contributed by atoms with Gasteiger partial charge in [0.25, 0.3) is 5.91 Å². The van der Waals surface area contributed by atoms with Crippen LogP contribution in [-0.2, 0) is 16.1 Å². The molecular formula is C19H22N4O3. The number of amides is 1. The number of rotatable bonds is 5. The van der Waals surface area contributed by atoms with Crippen molar-refractivity contribution < 1.29 is 14.7 Å². The molecule has 1 saturated heterocycles. The highest BCUT2D eigenvalue weighted by Gasteiger charge is 2.37. The number of carbonyl (C=O) groups is 2. The summed E-state index contributed by atoms with van der Waals surface area (Å²) >= 11 is 0. The molecule has 1 amide bonds. The molecule has 1 aliphatic heterocycles.